The van der Waals surface area contributed by atoms with Crippen molar-refractivity contribution in [2.75, 3.05) is 19.8 Å². The summed E-state index contributed by atoms with van der Waals surface area (Å²) in [6.07, 6.45) is 23.3. The lowest BCUT2D eigenvalue weighted by atomic mass is 10.0. The summed E-state index contributed by atoms with van der Waals surface area (Å²) in [4.78, 5) is 31.8. The van der Waals surface area contributed by atoms with Gasteiger partial charge in [0.05, 0.1) is 13.2 Å². The van der Waals surface area contributed by atoms with Crippen molar-refractivity contribution in [2.45, 2.75) is 147 Å². The number of hydrogen-bond donors (Lipinski definition) is 4. The van der Waals surface area contributed by atoms with E-state index in [1.807, 2.05) is 0 Å². The third kappa shape index (κ3) is 26.9. The number of aliphatic carboxylic acids is 1. The van der Waals surface area contributed by atoms with Crippen LogP contribution in [0.15, 0.2) is 0 Å². The van der Waals surface area contributed by atoms with Crippen molar-refractivity contribution in [3.05, 3.63) is 0 Å². The molecule has 0 amide bonds. The van der Waals surface area contributed by atoms with E-state index in [4.69, 9.17) is 15.6 Å². The van der Waals surface area contributed by atoms with Gasteiger partial charge < -0.3 is 25.6 Å². The molecule has 0 bridgehead atoms. The van der Waals surface area contributed by atoms with Crippen LogP contribution < -0.4 is 5.73 Å². The molecule has 0 saturated carbocycles. The summed E-state index contributed by atoms with van der Waals surface area (Å²) in [7, 11) is -4.58. The number of phosphoric acid groups is 1. The quantitative estimate of drug-likeness (QED) is 0.0450. The van der Waals surface area contributed by atoms with Crippen molar-refractivity contribution in [1.82, 2.24) is 0 Å². The number of phosphoric ester groups is 1. The molecule has 232 valence electrons. The van der Waals surface area contributed by atoms with Crippen LogP contribution in [0.2, 0.25) is 0 Å². The molecule has 0 aliphatic rings. The highest BCUT2D eigenvalue weighted by atomic mass is 31.2. The predicted octanol–water partition coefficient (Wildman–Crippen LogP) is 6.26. The summed E-state index contributed by atoms with van der Waals surface area (Å²) in [5, 5.41) is 18.4. The van der Waals surface area contributed by atoms with E-state index in [2.05, 4.69) is 16.0 Å². The van der Waals surface area contributed by atoms with Gasteiger partial charge in [-0.2, -0.15) is 0 Å². The molecule has 10 nitrogen and oxygen atoms in total. The number of hydrogen-bond acceptors (Lipinski definition) is 8. The van der Waals surface area contributed by atoms with Gasteiger partial charge in [-0.15, -0.1) is 0 Å². The zero-order valence-corrected chi connectivity index (χ0v) is 25.1. The minimum Gasteiger partial charge on any atom is -0.480 e. The summed E-state index contributed by atoms with van der Waals surface area (Å²) in [5.74, 6) is -1.84. The number of carbonyl (C=O) groups is 2. The molecule has 0 aromatic rings. The summed E-state index contributed by atoms with van der Waals surface area (Å²) in [5.41, 5.74) is 5.17. The topological polar surface area (TPSA) is 166 Å². The first-order chi connectivity index (χ1) is 18.7. The Hall–Kier alpha value is -1.03. The molecule has 0 heterocycles. The highest BCUT2D eigenvalue weighted by Crippen LogP contribution is 2.43. The lowest BCUT2D eigenvalue weighted by Gasteiger charge is -2.16. The molecule has 3 unspecified atom stereocenters. The highest BCUT2D eigenvalue weighted by Gasteiger charge is 2.26. The Morgan fingerprint density at radius 1 is 0.692 bits per heavy atom. The summed E-state index contributed by atoms with van der Waals surface area (Å²) >= 11 is 0. The zero-order valence-electron chi connectivity index (χ0n) is 24.2. The molecule has 0 rings (SSSR count). The molecular weight excluding hydrogens is 525 g/mol. The van der Waals surface area contributed by atoms with Crippen molar-refractivity contribution in [3.63, 3.8) is 0 Å². The van der Waals surface area contributed by atoms with Gasteiger partial charge in [-0.25, -0.2) is 4.57 Å². The van der Waals surface area contributed by atoms with E-state index in [0.29, 0.717) is 6.42 Å². The zero-order chi connectivity index (χ0) is 29.2. The maximum Gasteiger partial charge on any atom is 0.472 e. The molecule has 0 spiro atoms. The van der Waals surface area contributed by atoms with Gasteiger partial charge >= 0.3 is 19.8 Å². The van der Waals surface area contributed by atoms with E-state index in [0.717, 1.165) is 12.8 Å². The first-order valence-corrected chi connectivity index (χ1v) is 16.6. The third-order valence-electron chi connectivity index (χ3n) is 6.59. The van der Waals surface area contributed by atoms with Gasteiger partial charge in [0, 0.05) is 6.42 Å². The summed E-state index contributed by atoms with van der Waals surface area (Å²) in [6, 6.07) is -1.48. The van der Waals surface area contributed by atoms with E-state index >= 15 is 0 Å². The second kappa shape index (κ2) is 25.9. The number of unbranched alkanes of at least 4 members (excludes halogenated alkanes) is 18. The van der Waals surface area contributed by atoms with Crippen LogP contribution in [-0.2, 0) is 27.9 Å². The second-order valence-electron chi connectivity index (χ2n) is 10.5. The van der Waals surface area contributed by atoms with Crippen molar-refractivity contribution in [3.8, 4) is 0 Å². The number of carbonyl (C=O) groups excluding carboxylic acids is 1. The fourth-order valence-electron chi connectivity index (χ4n) is 4.12. The lowest BCUT2D eigenvalue weighted by molar-refractivity contribution is -0.147. The molecule has 0 aromatic heterocycles. The van der Waals surface area contributed by atoms with Gasteiger partial charge in [-0.1, -0.05) is 122 Å². The summed E-state index contributed by atoms with van der Waals surface area (Å²) < 4.78 is 25.6. The van der Waals surface area contributed by atoms with Gasteiger partial charge in [0.2, 0.25) is 0 Å². The molecule has 0 aliphatic carbocycles. The molecule has 5 N–H and O–H groups in total. The van der Waals surface area contributed by atoms with Crippen molar-refractivity contribution < 1.29 is 43.0 Å². The fraction of sp³-hybridized carbons (Fsp3) is 0.929. The average Bonchev–Trinajstić information content (AvgIpc) is 2.90. The molecule has 0 aliphatic heterocycles. The largest absolute Gasteiger partial charge is 0.480 e. The van der Waals surface area contributed by atoms with Crippen LogP contribution in [0.1, 0.15) is 135 Å². The number of ether oxygens (including phenoxy) is 1. The van der Waals surface area contributed by atoms with Crippen molar-refractivity contribution in [1.29, 1.82) is 0 Å². The Kier molecular flexibility index (Phi) is 25.2. The Morgan fingerprint density at radius 2 is 1.08 bits per heavy atom. The van der Waals surface area contributed by atoms with Crippen LogP contribution in [0.5, 0.6) is 0 Å². The van der Waals surface area contributed by atoms with Gasteiger partial charge in [-0.3, -0.25) is 18.6 Å². The monoisotopic (exact) mass is 581 g/mol. The number of carboxylic acids is 1. The number of aliphatic hydroxyl groups is 1. The van der Waals surface area contributed by atoms with Crippen molar-refractivity contribution in [2.24, 2.45) is 5.73 Å². The van der Waals surface area contributed by atoms with E-state index < -0.39 is 45.1 Å². The van der Waals surface area contributed by atoms with Crippen LogP contribution in [0.25, 0.3) is 0 Å². The Bertz CT molecular complexity index is 651. The van der Waals surface area contributed by atoms with Crippen LogP contribution in [0.4, 0.5) is 0 Å². The smallest absolute Gasteiger partial charge is 0.472 e. The molecule has 0 radical (unpaired) electrons. The maximum atomic E-state index is 11.8. The molecule has 3 atom stereocenters. The fourth-order valence-corrected chi connectivity index (χ4v) is 4.90. The van der Waals surface area contributed by atoms with Gasteiger partial charge in [-0.05, 0) is 6.42 Å². The van der Waals surface area contributed by atoms with Gasteiger partial charge in [0.25, 0.3) is 0 Å². The minimum atomic E-state index is -4.58. The highest BCUT2D eigenvalue weighted by molar-refractivity contribution is 7.47. The van der Waals surface area contributed by atoms with E-state index in [-0.39, 0.29) is 13.0 Å². The van der Waals surface area contributed by atoms with E-state index in [9.17, 15) is 24.2 Å². The second-order valence-corrected chi connectivity index (χ2v) is 11.9. The number of carboxylic acid groups (broad SMARTS) is 1. The van der Waals surface area contributed by atoms with Crippen LogP contribution in [0, 0.1) is 0 Å². The third-order valence-corrected chi connectivity index (χ3v) is 7.54. The molecule has 0 saturated heterocycles. The van der Waals surface area contributed by atoms with Gasteiger partial charge in [0.15, 0.2) is 0 Å². The lowest BCUT2D eigenvalue weighted by Crippen LogP contribution is -2.34. The summed E-state index contributed by atoms with van der Waals surface area (Å²) in [6.45, 7) is 0.529. The molecule has 11 heteroatoms. The molecule has 39 heavy (non-hydrogen) atoms. The number of esters is 1. The van der Waals surface area contributed by atoms with E-state index in [1.54, 1.807) is 0 Å². The van der Waals surface area contributed by atoms with E-state index in [1.165, 1.54) is 103 Å². The average molecular weight is 582 g/mol. The van der Waals surface area contributed by atoms with Crippen molar-refractivity contribution >= 4 is 19.8 Å². The number of rotatable bonds is 29. The van der Waals surface area contributed by atoms with Crippen LogP contribution in [0.3, 0.4) is 0 Å². The standard InChI is InChI=1S/C28H56NO9P/c1-2-3-4-5-6-7-8-9-10-11-12-13-14-15-16-17-18-19-20-21-27(31)36-22-25(30)23-37-39(34,35)38-24-26(29)28(32)33/h25-26,30H,2-24,29H2,1H3,(H,32,33)(H,34,35). The number of aliphatic hydroxyl groups excluding tert-OH is 1. The number of nitrogens with two attached hydrogens (primary N) is 1. The Morgan fingerprint density at radius 3 is 1.49 bits per heavy atom. The molecular formula is C28H56NO9P. The first-order valence-electron chi connectivity index (χ1n) is 15.1. The Labute approximate surface area is 236 Å². The molecule has 0 aromatic carbocycles. The predicted molar refractivity (Wildman–Crippen MR) is 152 cm³/mol. The Balaban J connectivity index is 3.46. The van der Waals surface area contributed by atoms with Crippen LogP contribution >= 0.6 is 7.82 Å². The molecule has 0 fully saturated rings. The normalized spacial score (nSPS) is 14.6. The minimum absolute atomic E-state index is 0.251. The van der Waals surface area contributed by atoms with Crippen LogP contribution in [-0.4, -0.2) is 59.0 Å². The maximum absolute atomic E-state index is 11.8. The first kappa shape index (κ1) is 38.0. The SMILES string of the molecule is CCCCCCCCCCCCCCCCCCCCCC(=O)OCC(O)COP(=O)(O)OCC(N)C(=O)O. The van der Waals surface area contributed by atoms with Gasteiger partial charge in [0.1, 0.15) is 18.8 Å².